The summed E-state index contributed by atoms with van der Waals surface area (Å²) in [6.45, 7) is 1.28. The van der Waals surface area contributed by atoms with Crippen LogP contribution in [0.4, 0.5) is 15.3 Å². The predicted octanol–water partition coefficient (Wildman–Crippen LogP) is 4.64. The van der Waals surface area contributed by atoms with Crippen molar-refractivity contribution in [1.82, 2.24) is 15.5 Å². The van der Waals surface area contributed by atoms with Crippen LogP contribution >= 0.6 is 0 Å². The van der Waals surface area contributed by atoms with Crippen LogP contribution in [0, 0.1) is 0 Å². The number of hydrogen-bond donors (Lipinski definition) is 3. The van der Waals surface area contributed by atoms with Gasteiger partial charge < -0.3 is 25.6 Å². The van der Waals surface area contributed by atoms with Gasteiger partial charge in [-0.25, -0.2) is 9.59 Å². The van der Waals surface area contributed by atoms with E-state index in [0.717, 1.165) is 50.0 Å². The molecule has 0 spiro atoms. The maximum Gasteiger partial charge on any atom is 0.321 e. The summed E-state index contributed by atoms with van der Waals surface area (Å²) in [4.78, 5) is 26.7. The first kappa shape index (κ1) is 21.8. The molecule has 1 aliphatic heterocycles. The van der Waals surface area contributed by atoms with Crippen LogP contribution in [0.1, 0.15) is 70.6 Å². The Balaban J connectivity index is 1.16. The van der Waals surface area contributed by atoms with E-state index in [1.165, 1.54) is 32.1 Å². The molecule has 1 aromatic carbocycles. The Labute approximate surface area is 185 Å². The summed E-state index contributed by atoms with van der Waals surface area (Å²) in [6, 6.07) is 7.93. The second kappa shape index (κ2) is 10.7. The van der Waals surface area contributed by atoms with Gasteiger partial charge in [-0.2, -0.15) is 0 Å². The number of nitrogens with zero attached hydrogens (tertiary/aromatic N) is 1. The zero-order valence-electron chi connectivity index (χ0n) is 18.4. The van der Waals surface area contributed by atoms with E-state index in [2.05, 4.69) is 16.0 Å². The van der Waals surface area contributed by atoms with Crippen molar-refractivity contribution in [2.75, 3.05) is 18.4 Å². The van der Waals surface area contributed by atoms with Gasteiger partial charge >= 0.3 is 12.1 Å². The predicted molar refractivity (Wildman–Crippen MR) is 121 cm³/mol. The molecule has 2 aliphatic carbocycles. The second-order valence-electron chi connectivity index (χ2n) is 9.19. The van der Waals surface area contributed by atoms with Crippen molar-refractivity contribution in [3.63, 3.8) is 0 Å². The first-order chi connectivity index (χ1) is 15.2. The van der Waals surface area contributed by atoms with Crippen LogP contribution in [0.3, 0.4) is 0 Å². The molecule has 3 fully saturated rings. The van der Waals surface area contributed by atoms with Crippen molar-refractivity contribution >= 4 is 17.7 Å². The van der Waals surface area contributed by atoms with Gasteiger partial charge in [0.15, 0.2) is 0 Å². The van der Waals surface area contributed by atoms with E-state index in [-0.39, 0.29) is 18.1 Å². The summed E-state index contributed by atoms with van der Waals surface area (Å²) in [5.41, 5.74) is 0.774. The van der Waals surface area contributed by atoms with Crippen molar-refractivity contribution in [2.45, 2.75) is 88.8 Å². The molecule has 4 rings (SSSR count). The quantitative estimate of drug-likeness (QED) is 0.639. The molecule has 3 N–H and O–H groups in total. The summed E-state index contributed by atoms with van der Waals surface area (Å²) in [5.74, 6) is 0.864. The molecular formula is C24H36N4O3. The highest BCUT2D eigenvalue weighted by Crippen LogP contribution is 2.25. The number of carbonyl (C=O) groups is 2. The minimum absolute atomic E-state index is 0.0604. The van der Waals surface area contributed by atoms with Gasteiger partial charge in [-0.05, 0) is 75.6 Å². The molecule has 7 heteroatoms. The number of rotatable bonds is 5. The Bertz CT molecular complexity index is 719. The van der Waals surface area contributed by atoms with Crippen LogP contribution in [0.5, 0.6) is 5.75 Å². The molecule has 4 amide bonds. The third kappa shape index (κ3) is 6.52. The normalized spacial score (nSPS) is 21.0. The molecule has 0 aromatic heterocycles. The monoisotopic (exact) mass is 428 g/mol. The molecule has 7 nitrogen and oxygen atoms in total. The molecule has 1 heterocycles. The fourth-order valence-electron chi connectivity index (χ4n) is 4.90. The standard InChI is InChI=1S/C24H36N4O3/c29-23(25-18-6-2-1-3-7-18)26-20-14-16-28(17-15-20)24(30)27-19-10-12-22(13-11-19)31-21-8-4-5-9-21/h10-13,18,20-21H,1-9,14-17H2,(H,27,30)(H2,25,26,29). The van der Waals surface area contributed by atoms with Gasteiger partial charge in [-0.15, -0.1) is 0 Å². The van der Waals surface area contributed by atoms with Crippen molar-refractivity contribution < 1.29 is 14.3 Å². The van der Waals surface area contributed by atoms with Gasteiger partial charge in [0.25, 0.3) is 0 Å². The summed E-state index contributed by atoms with van der Waals surface area (Å²) >= 11 is 0. The molecule has 2 saturated carbocycles. The Hall–Kier alpha value is -2.44. The first-order valence-corrected chi connectivity index (χ1v) is 12.1. The van der Waals surface area contributed by atoms with E-state index in [1.807, 2.05) is 29.2 Å². The van der Waals surface area contributed by atoms with Gasteiger partial charge in [0, 0.05) is 30.9 Å². The minimum atomic E-state index is -0.0884. The van der Waals surface area contributed by atoms with E-state index in [9.17, 15) is 9.59 Å². The Morgan fingerprint density at radius 1 is 0.774 bits per heavy atom. The maximum atomic E-state index is 12.6. The largest absolute Gasteiger partial charge is 0.490 e. The summed E-state index contributed by atoms with van der Waals surface area (Å²) < 4.78 is 5.98. The Morgan fingerprint density at radius 2 is 1.35 bits per heavy atom. The minimum Gasteiger partial charge on any atom is -0.490 e. The lowest BCUT2D eigenvalue weighted by Gasteiger charge is -2.33. The lowest BCUT2D eigenvalue weighted by Crippen LogP contribution is -2.51. The lowest BCUT2D eigenvalue weighted by molar-refractivity contribution is 0.186. The highest BCUT2D eigenvalue weighted by Gasteiger charge is 2.25. The highest BCUT2D eigenvalue weighted by atomic mass is 16.5. The number of hydrogen-bond acceptors (Lipinski definition) is 3. The fourth-order valence-corrected chi connectivity index (χ4v) is 4.90. The number of nitrogens with one attached hydrogen (secondary N) is 3. The van der Waals surface area contributed by atoms with Gasteiger partial charge in [-0.1, -0.05) is 19.3 Å². The third-order valence-corrected chi connectivity index (χ3v) is 6.77. The van der Waals surface area contributed by atoms with Crippen LogP contribution in [-0.4, -0.2) is 48.2 Å². The number of piperidine rings is 1. The molecule has 31 heavy (non-hydrogen) atoms. The van der Waals surface area contributed by atoms with E-state index in [0.29, 0.717) is 25.2 Å². The van der Waals surface area contributed by atoms with Gasteiger partial charge in [0.1, 0.15) is 5.75 Å². The number of ether oxygens (including phenoxy) is 1. The topological polar surface area (TPSA) is 82.7 Å². The zero-order valence-corrected chi connectivity index (χ0v) is 18.4. The number of carbonyl (C=O) groups excluding carboxylic acids is 2. The number of likely N-dealkylation sites (tertiary alicyclic amines) is 1. The molecular weight excluding hydrogens is 392 g/mol. The Morgan fingerprint density at radius 3 is 2.00 bits per heavy atom. The van der Waals surface area contributed by atoms with Crippen molar-refractivity contribution in [2.24, 2.45) is 0 Å². The molecule has 3 aliphatic rings. The van der Waals surface area contributed by atoms with Crippen LogP contribution in [-0.2, 0) is 0 Å². The lowest BCUT2D eigenvalue weighted by atomic mass is 9.96. The first-order valence-electron chi connectivity index (χ1n) is 12.1. The van der Waals surface area contributed by atoms with Crippen molar-refractivity contribution in [1.29, 1.82) is 0 Å². The Kier molecular flexibility index (Phi) is 7.54. The van der Waals surface area contributed by atoms with Crippen molar-refractivity contribution in [3.8, 4) is 5.75 Å². The van der Waals surface area contributed by atoms with Crippen LogP contribution in [0.2, 0.25) is 0 Å². The number of urea groups is 2. The molecule has 1 aromatic rings. The van der Waals surface area contributed by atoms with E-state index in [4.69, 9.17) is 4.74 Å². The second-order valence-corrected chi connectivity index (χ2v) is 9.19. The highest BCUT2D eigenvalue weighted by molar-refractivity contribution is 5.89. The zero-order chi connectivity index (χ0) is 21.5. The average Bonchev–Trinajstić information content (AvgIpc) is 3.29. The fraction of sp³-hybridized carbons (Fsp3) is 0.667. The van der Waals surface area contributed by atoms with E-state index >= 15 is 0 Å². The number of anilines is 1. The number of amides is 4. The molecule has 0 bridgehead atoms. The van der Waals surface area contributed by atoms with Crippen molar-refractivity contribution in [3.05, 3.63) is 24.3 Å². The summed E-state index contributed by atoms with van der Waals surface area (Å²) in [6.07, 6.45) is 12.5. The van der Waals surface area contributed by atoms with Gasteiger partial charge in [0.05, 0.1) is 6.10 Å². The molecule has 1 saturated heterocycles. The van der Waals surface area contributed by atoms with Crippen LogP contribution in [0.15, 0.2) is 24.3 Å². The number of benzene rings is 1. The van der Waals surface area contributed by atoms with Crippen LogP contribution < -0.4 is 20.7 Å². The van der Waals surface area contributed by atoms with E-state index < -0.39 is 0 Å². The van der Waals surface area contributed by atoms with E-state index in [1.54, 1.807) is 0 Å². The SMILES string of the molecule is O=C(NC1CCCCC1)NC1CCN(C(=O)Nc2ccc(OC3CCCC3)cc2)CC1. The molecule has 0 radical (unpaired) electrons. The maximum absolute atomic E-state index is 12.6. The van der Waals surface area contributed by atoms with Crippen LogP contribution in [0.25, 0.3) is 0 Å². The van der Waals surface area contributed by atoms with Gasteiger partial charge in [0.2, 0.25) is 0 Å². The molecule has 0 atom stereocenters. The smallest absolute Gasteiger partial charge is 0.321 e. The third-order valence-electron chi connectivity index (χ3n) is 6.77. The average molecular weight is 429 g/mol. The molecule has 170 valence electrons. The summed E-state index contributed by atoms with van der Waals surface area (Å²) in [7, 11) is 0. The summed E-state index contributed by atoms with van der Waals surface area (Å²) in [5, 5.41) is 9.17. The molecule has 0 unspecified atom stereocenters. The van der Waals surface area contributed by atoms with Gasteiger partial charge in [-0.3, -0.25) is 0 Å².